The van der Waals surface area contributed by atoms with Crippen LogP contribution in [0.15, 0.2) is 72.8 Å². The third kappa shape index (κ3) is 4.84. The number of ether oxygens (including phenoxy) is 2. The van der Waals surface area contributed by atoms with Crippen molar-refractivity contribution in [1.29, 1.82) is 0 Å². The van der Waals surface area contributed by atoms with Gasteiger partial charge in [0.15, 0.2) is 11.5 Å². The van der Waals surface area contributed by atoms with Gasteiger partial charge >= 0.3 is 0 Å². The molecule has 8 nitrogen and oxygen atoms in total. The molecule has 0 saturated heterocycles. The lowest BCUT2D eigenvalue weighted by Gasteiger charge is -2.04. The van der Waals surface area contributed by atoms with Crippen molar-refractivity contribution in [3.63, 3.8) is 0 Å². The molecule has 0 fully saturated rings. The Kier molecular flexibility index (Phi) is 6.35. The number of benzene rings is 3. The first-order chi connectivity index (χ1) is 16.7. The van der Waals surface area contributed by atoms with E-state index in [0.29, 0.717) is 23.5 Å². The SMILES string of the molecule is O=[N+]([O-])c1cc2c(cc1CCCCc1sc(Nc3ccccc3)n[n+]1-c1ccccc1)OCO2. The quantitative estimate of drug-likeness (QED) is 0.152. The maximum Gasteiger partial charge on any atom is 0.276 e. The van der Waals surface area contributed by atoms with E-state index in [1.165, 1.54) is 6.07 Å². The average Bonchev–Trinajstić information content (AvgIpc) is 3.48. The highest BCUT2D eigenvalue weighted by molar-refractivity contribution is 7.15. The van der Waals surface area contributed by atoms with E-state index in [-0.39, 0.29) is 17.4 Å². The molecule has 1 N–H and O–H groups in total. The third-order valence-corrected chi connectivity index (χ3v) is 6.51. The van der Waals surface area contributed by atoms with E-state index < -0.39 is 0 Å². The van der Waals surface area contributed by atoms with Gasteiger partial charge < -0.3 is 14.8 Å². The maximum absolute atomic E-state index is 11.5. The molecule has 4 aromatic rings. The van der Waals surface area contributed by atoms with Crippen LogP contribution in [0.4, 0.5) is 16.5 Å². The highest BCUT2D eigenvalue weighted by atomic mass is 32.1. The molecule has 0 atom stereocenters. The summed E-state index contributed by atoms with van der Waals surface area (Å²) in [6.45, 7) is 0.0974. The number of para-hydroxylation sites is 2. The molecule has 5 rings (SSSR count). The zero-order valence-corrected chi connectivity index (χ0v) is 19.2. The Bertz CT molecular complexity index is 1300. The molecule has 0 saturated carbocycles. The Morgan fingerprint density at radius 2 is 1.65 bits per heavy atom. The Balaban J connectivity index is 1.30. The number of nitrogens with zero attached hydrogens (tertiary/aromatic N) is 3. The number of rotatable bonds is 9. The summed E-state index contributed by atoms with van der Waals surface area (Å²) in [7, 11) is 0. The second kappa shape index (κ2) is 9.88. The van der Waals surface area contributed by atoms with Crippen LogP contribution in [0.25, 0.3) is 5.69 Å². The van der Waals surface area contributed by atoms with Crippen LogP contribution < -0.4 is 19.5 Å². The van der Waals surface area contributed by atoms with Crippen molar-refractivity contribution in [3.8, 4) is 17.2 Å². The van der Waals surface area contributed by atoms with Crippen molar-refractivity contribution in [2.45, 2.75) is 25.7 Å². The molecule has 2 heterocycles. The van der Waals surface area contributed by atoms with E-state index in [0.717, 1.165) is 40.8 Å². The van der Waals surface area contributed by atoms with Gasteiger partial charge in [-0.2, -0.15) is 0 Å². The van der Waals surface area contributed by atoms with Gasteiger partial charge in [0.1, 0.15) is 0 Å². The molecule has 0 radical (unpaired) electrons. The molecule has 0 amide bonds. The van der Waals surface area contributed by atoms with Crippen molar-refractivity contribution >= 4 is 27.8 Å². The van der Waals surface area contributed by atoms with E-state index >= 15 is 0 Å². The number of aromatic nitrogens is 2. The van der Waals surface area contributed by atoms with Gasteiger partial charge in [0.2, 0.25) is 12.5 Å². The third-order valence-electron chi connectivity index (χ3n) is 5.52. The normalized spacial score (nSPS) is 12.0. The number of unbranched alkanes of at least 4 members (excludes halogenated alkanes) is 1. The minimum atomic E-state index is -0.356. The molecule has 1 aromatic heterocycles. The zero-order valence-electron chi connectivity index (χ0n) is 18.3. The monoisotopic (exact) mass is 475 g/mol. The lowest BCUT2D eigenvalue weighted by Crippen LogP contribution is -2.36. The largest absolute Gasteiger partial charge is 0.454 e. The number of nitro benzene ring substituents is 1. The van der Waals surface area contributed by atoms with Gasteiger partial charge in [0.25, 0.3) is 15.8 Å². The second-order valence-electron chi connectivity index (χ2n) is 7.84. The van der Waals surface area contributed by atoms with Crippen molar-refractivity contribution < 1.29 is 19.1 Å². The lowest BCUT2D eigenvalue weighted by atomic mass is 10.0. The highest BCUT2D eigenvalue weighted by Crippen LogP contribution is 2.38. The molecule has 3 aromatic carbocycles. The van der Waals surface area contributed by atoms with Gasteiger partial charge in [-0.1, -0.05) is 36.4 Å². The summed E-state index contributed by atoms with van der Waals surface area (Å²) in [5.41, 5.74) is 2.73. The minimum absolute atomic E-state index is 0.0794. The summed E-state index contributed by atoms with van der Waals surface area (Å²) in [6.07, 6.45) is 3.06. The molecule has 0 bridgehead atoms. The predicted octanol–water partition coefficient (Wildman–Crippen LogP) is 5.37. The first-order valence-electron chi connectivity index (χ1n) is 11.0. The summed E-state index contributed by atoms with van der Waals surface area (Å²) in [4.78, 5) is 11.2. The first-order valence-corrected chi connectivity index (χ1v) is 11.9. The van der Waals surface area contributed by atoms with Gasteiger partial charge in [-0.3, -0.25) is 10.1 Å². The van der Waals surface area contributed by atoms with E-state index in [4.69, 9.17) is 14.6 Å². The van der Waals surface area contributed by atoms with E-state index in [9.17, 15) is 10.1 Å². The Morgan fingerprint density at radius 3 is 2.38 bits per heavy atom. The van der Waals surface area contributed by atoms with Gasteiger partial charge in [-0.05, 0) is 53.5 Å². The standard InChI is InChI=1S/C25H23N4O4S/c30-29(31)21-16-23-22(32-17-33-23)15-18(21)9-7-8-14-24-28(20-12-5-2-6-13-20)27-25(34-24)26-19-10-3-1-4-11-19/h1-6,10-13,15-16H,7-9,14,17H2,(H,26,27)/q+1. The molecule has 34 heavy (non-hydrogen) atoms. The number of hydrogen-bond acceptors (Lipinski definition) is 7. The van der Waals surface area contributed by atoms with Crippen molar-refractivity contribution in [3.05, 3.63) is 93.5 Å². The molecule has 172 valence electrons. The topological polar surface area (TPSA) is 90.4 Å². The van der Waals surface area contributed by atoms with Crippen LogP contribution in [0.1, 0.15) is 23.4 Å². The van der Waals surface area contributed by atoms with Crippen molar-refractivity contribution in [2.75, 3.05) is 12.1 Å². The highest BCUT2D eigenvalue weighted by Gasteiger charge is 2.24. The predicted molar refractivity (Wildman–Crippen MR) is 129 cm³/mol. The molecule has 1 aliphatic heterocycles. The van der Waals surface area contributed by atoms with Crippen LogP contribution in [-0.4, -0.2) is 16.8 Å². The van der Waals surface area contributed by atoms with Crippen LogP contribution in [0.5, 0.6) is 11.5 Å². The van der Waals surface area contributed by atoms with Crippen molar-refractivity contribution in [2.24, 2.45) is 0 Å². The molecule has 1 aliphatic rings. The average molecular weight is 476 g/mol. The number of fused-ring (bicyclic) bond motifs is 1. The number of anilines is 2. The van der Waals surface area contributed by atoms with Crippen LogP contribution in [-0.2, 0) is 12.8 Å². The molecular formula is C25H23N4O4S+. The van der Waals surface area contributed by atoms with Gasteiger partial charge in [-0.25, -0.2) is 0 Å². The molecular weight excluding hydrogens is 452 g/mol. The minimum Gasteiger partial charge on any atom is -0.454 e. The Hall–Kier alpha value is -3.98. The molecule has 0 aliphatic carbocycles. The molecule has 9 heteroatoms. The van der Waals surface area contributed by atoms with Crippen LogP contribution in [0, 0.1) is 10.1 Å². The summed E-state index contributed by atoms with van der Waals surface area (Å²) >= 11 is 1.62. The zero-order chi connectivity index (χ0) is 23.3. The van der Waals surface area contributed by atoms with Gasteiger partial charge in [0, 0.05) is 34.9 Å². The van der Waals surface area contributed by atoms with E-state index in [1.807, 2.05) is 65.3 Å². The Morgan fingerprint density at radius 1 is 0.971 bits per heavy atom. The second-order valence-corrected chi connectivity index (χ2v) is 8.90. The molecule has 0 spiro atoms. The number of nitrogens with one attached hydrogen (secondary N) is 1. The maximum atomic E-state index is 11.5. The summed E-state index contributed by atoms with van der Waals surface area (Å²) in [6, 6.07) is 23.2. The van der Waals surface area contributed by atoms with Gasteiger partial charge in [-0.15, -0.1) is 0 Å². The van der Waals surface area contributed by atoms with E-state index in [2.05, 4.69) is 5.32 Å². The fourth-order valence-corrected chi connectivity index (χ4v) is 4.87. The van der Waals surface area contributed by atoms with Crippen LogP contribution in [0.2, 0.25) is 0 Å². The van der Waals surface area contributed by atoms with E-state index in [1.54, 1.807) is 17.4 Å². The summed E-state index contributed by atoms with van der Waals surface area (Å²) in [5.74, 6) is 1.00. The number of aryl methyl sites for hydroxylation is 2. The molecule has 0 unspecified atom stereocenters. The van der Waals surface area contributed by atoms with Gasteiger partial charge in [0.05, 0.1) is 11.0 Å². The van der Waals surface area contributed by atoms with Crippen LogP contribution in [0.3, 0.4) is 0 Å². The summed E-state index contributed by atoms with van der Waals surface area (Å²) in [5, 5.41) is 21.6. The fraction of sp³-hybridized carbons (Fsp3) is 0.200. The smallest absolute Gasteiger partial charge is 0.276 e. The number of nitro groups is 1. The Labute approximate surface area is 200 Å². The van der Waals surface area contributed by atoms with Crippen molar-refractivity contribution in [1.82, 2.24) is 5.10 Å². The fourth-order valence-electron chi connectivity index (χ4n) is 3.88. The first kappa shape index (κ1) is 21.8. The summed E-state index contributed by atoms with van der Waals surface area (Å²) < 4.78 is 12.7. The number of hydrogen-bond donors (Lipinski definition) is 1. The lowest BCUT2D eigenvalue weighted by molar-refractivity contribution is -0.660. The van der Waals surface area contributed by atoms with Crippen LogP contribution >= 0.6 is 11.3 Å².